The van der Waals surface area contributed by atoms with Crippen LogP contribution >= 0.6 is 0 Å². The average Bonchev–Trinajstić information content (AvgIpc) is 2.33. The van der Waals surface area contributed by atoms with Gasteiger partial charge in [-0.25, -0.2) is 0 Å². The molecule has 0 spiro atoms. The molecule has 1 unspecified atom stereocenters. The van der Waals surface area contributed by atoms with Gasteiger partial charge >= 0.3 is 0 Å². The van der Waals surface area contributed by atoms with Gasteiger partial charge in [-0.15, -0.1) is 0 Å². The summed E-state index contributed by atoms with van der Waals surface area (Å²) in [5.74, 6) is 1.73. The molecule has 12 heavy (non-hydrogen) atoms. The standard InChI is InChI=1S/C11H23N/c1-9(2)8-12(4)11-7-5-6-10(11)3/h9-11H,5-8H2,1-4H3/t10?,11-/m0/s1. The first-order chi connectivity index (χ1) is 5.61. The van der Waals surface area contributed by atoms with Crippen LogP contribution in [-0.2, 0) is 0 Å². The summed E-state index contributed by atoms with van der Waals surface area (Å²) in [6, 6.07) is 0.868. The van der Waals surface area contributed by atoms with Gasteiger partial charge in [-0.05, 0) is 31.7 Å². The zero-order valence-corrected chi connectivity index (χ0v) is 9.01. The molecule has 0 aliphatic heterocycles. The van der Waals surface area contributed by atoms with Crippen molar-refractivity contribution in [3.05, 3.63) is 0 Å². The minimum absolute atomic E-state index is 0.808. The molecule has 0 radical (unpaired) electrons. The summed E-state index contributed by atoms with van der Waals surface area (Å²) < 4.78 is 0. The molecule has 72 valence electrons. The smallest absolute Gasteiger partial charge is 0.0118 e. The lowest BCUT2D eigenvalue weighted by atomic mass is 10.0. The van der Waals surface area contributed by atoms with Crippen molar-refractivity contribution < 1.29 is 0 Å². The predicted octanol–water partition coefficient (Wildman–Crippen LogP) is 2.76. The van der Waals surface area contributed by atoms with Gasteiger partial charge in [0.25, 0.3) is 0 Å². The maximum absolute atomic E-state index is 2.56. The SMILES string of the molecule is CC(C)CN(C)[C@H]1CCCC1C. The molecule has 1 fully saturated rings. The van der Waals surface area contributed by atoms with E-state index in [1.165, 1.54) is 25.8 Å². The maximum atomic E-state index is 2.56. The quantitative estimate of drug-likeness (QED) is 0.628. The Balaban J connectivity index is 2.35. The molecule has 0 bridgehead atoms. The van der Waals surface area contributed by atoms with Gasteiger partial charge in [0, 0.05) is 12.6 Å². The summed E-state index contributed by atoms with van der Waals surface area (Å²) in [6.07, 6.45) is 4.30. The molecule has 0 heterocycles. The van der Waals surface area contributed by atoms with Crippen LogP contribution in [-0.4, -0.2) is 24.5 Å². The minimum atomic E-state index is 0.808. The summed E-state index contributed by atoms with van der Waals surface area (Å²) in [4.78, 5) is 2.56. The Labute approximate surface area is 77.1 Å². The Morgan fingerprint density at radius 3 is 2.42 bits per heavy atom. The number of hydrogen-bond donors (Lipinski definition) is 0. The zero-order chi connectivity index (χ0) is 9.14. The molecule has 1 rings (SSSR count). The van der Waals surface area contributed by atoms with E-state index in [4.69, 9.17) is 0 Å². The van der Waals surface area contributed by atoms with Gasteiger partial charge < -0.3 is 4.90 Å². The highest BCUT2D eigenvalue weighted by Crippen LogP contribution is 2.28. The van der Waals surface area contributed by atoms with Crippen molar-refractivity contribution in [2.75, 3.05) is 13.6 Å². The van der Waals surface area contributed by atoms with Crippen molar-refractivity contribution in [3.63, 3.8) is 0 Å². The summed E-state index contributed by atoms with van der Waals surface area (Å²) in [5.41, 5.74) is 0. The first-order valence-electron chi connectivity index (χ1n) is 5.31. The van der Waals surface area contributed by atoms with Gasteiger partial charge in [0.05, 0.1) is 0 Å². The molecular weight excluding hydrogens is 146 g/mol. The highest BCUT2D eigenvalue weighted by molar-refractivity contribution is 4.81. The van der Waals surface area contributed by atoms with Gasteiger partial charge in [-0.1, -0.05) is 27.2 Å². The Kier molecular flexibility index (Phi) is 3.57. The van der Waals surface area contributed by atoms with E-state index in [1.54, 1.807) is 0 Å². The number of hydrogen-bond acceptors (Lipinski definition) is 1. The van der Waals surface area contributed by atoms with E-state index in [0.29, 0.717) is 0 Å². The molecule has 2 atom stereocenters. The summed E-state index contributed by atoms with van der Waals surface area (Å²) in [7, 11) is 2.28. The molecule has 1 saturated carbocycles. The second-order valence-electron chi connectivity index (χ2n) is 4.81. The van der Waals surface area contributed by atoms with E-state index in [-0.39, 0.29) is 0 Å². The molecule has 1 aliphatic carbocycles. The van der Waals surface area contributed by atoms with Crippen LogP contribution < -0.4 is 0 Å². The third kappa shape index (κ3) is 2.48. The Morgan fingerprint density at radius 1 is 1.33 bits per heavy atom. The van der Waals surface area contributed by atoms with Crippen LogP contribution in [0.25, 0.3) is 0 Å². The first kappa shape index (κ1) is 10.0. The normalized spacial score (nSPS) is 30.5. The second kappa shape index (κ2) is 4.27. The fourth-order valence-corrected chi connectivity index (χ4v) is 2.49. The van der Waals surface area contributed by atoms with Gasteiger partial charge in [-0.3, -0.25) is 0 Å². The van der Waals surface area contributed by atoms with Crippen molar-refractivity contribution in [1.29, 1.82) is 0 Å². The lowest BCUT2D eigenvalue weighted by molar-refractivity contribution is 0.186. The number of rotatable bonds is 3. The van der Waals surface area contributed by atoms with E-state index in [1.807, 2.05) is 0 Å². The van der Waals surface area contributed by atoms with E-state index in [9.17, 15) is 0 Å². The molecular formula is C11H23N. The Morgan fingerprint density at radius 2 is 2.00 bits per heavy atom. The van der Waals surface area contributed by atoms with Crippen molar-refractivity contribution in [3.8, 4) is 0 Å². The van der Waals surface area contributed by atoms with Crippen LogP contribution in [0.15, 0.2) is 0 Å². The number of nitrogens with zero attached hydrogens (tertiary/aromatic N) is 1. The molecule has 0 saturated heterocycles. The molecule has 0 N–H and O–H groups in total. The molecule has 0 aromatic carbocycles. The van der Waals surface area contributed by atoms with E-state index >= 15 is 0 Å². The lowest BCUT2D eigenvalue weighted by Crippen LogP contribution is -2.36. The van der Waals surface area contributed by atoms with E-state index < -0.39 is 0 Å². The summed E-state index contributed by atoms with van der Waals surface area (Å²) in [5, 5.41) is 0. The molecule has 0 amide bonds. The fourth-order valence-electron chi connectivity index (χ4n) is 2.49. The Bertz CT molecular complexity index is 131. The summed E-state index contributed by atoms with van der Waals surface area (Å²) in [6.45, 7) is 8.26. The van der Waals surface area contributed by atoms with Crippen LogP contribution in [0.3, 0.4) is 0 Å². The highest BCUT2D eigenvalue weighted by atomic mass is 15.1. The molecule has 1 nitrogen and oxygen atoms in total. The van der Waals surface area contributed by atoms with Crippen LogP contribution in [0.1, 0.15) is 40.0 Å². The topological polar surface area (TPSA) is 3.24 Å². The minimum Gasteiger partial charge on any atom is -0.303 e. The van der Waals surface area contributed by atoms with Crippen LogP contribution in [0.2, 0.25) is 0 Å². The molecule has 1 heteroatoms. The van der Waals surface area contributed by atoms with Crippen LogP contribution in [0.5, 0.6) is 0 Å². The molecule has 1 aliphatic rings. The van der Waals surface area contributed by atoms with Gasteiger partial charge in [0.2, 0.25) is 0 Å². The van der Waals surface area contributed by atoms with Crippen molar-refractivity contribution in [2.45, 2.75) is 46.1 Å². The maximum Gasteiger partial charge on any atom is 0.0118 e. The van der Waals surface area contributed by atoms with Gasteiger partial charge in [-0.2, -0.15) is 0 Å². The molecule has 0 aromatic heterocycles. The lowest BCUT2D eigenvalue weighted by Gasteiger charge is -2.29. The third-order valence-electron chi connectivity index (χ3n) is 3.04. The van der Waals surface area contributed by atoms with Gasteiger partial charge in [0.1, 0.15) is 0 Å². The van der Waals surface area contributed by atoms with Crippen molar-refractivity contribution >= 4 is 0 Å². The molecule has 0 aromatic rings. The van der Waals surface area contributed by atoms with Gasteiger partial charge in [0.15, 0.2) is 0 Å². The van der Waals surface area contributed by atoms with Crippen molar-refractivity contribution in [2.24, 2.45) is 11.8 Å². The zero-order valence-electron chi connectivity index (χ0n) is 9.01. The largest absolute Gasteiger partial charge is 0.303 e. The summed E-state index contributed by atoms with van der Waals surface area (Å²) >= 11 is 0. The third-order valence-corrected chi connectivity index (χ3v) is 3.04. The predicted molar refractivity (Wildman–Crippen MR) is 54.3 cm³/mol. The average molecular weight is 169 g/mol. The highest BCUT2D eigenvalue weighted by Gasteiger charge is 2.26. The monoisotopic (exact) mass is 169 g/mol. The van der Waals surface area contributed by atoms with Crippen molar-refractivity contribution in [1.82, 2.24) is 4.90 Å². The van der Waals surface area contributed by atoms with E-state index in [2.05, 4.69) is 32.7 Å². The van der Waals surface area contributed by atoms with Crippen LogP contribution in [0, 0.1) is 11.8 Å². The van der Waals surface area contributed by atoms with Crippen LogP contribution in [0.4, 0.5) is 0 Å². The van der Waals surface area contributed by atoms with E-state index in [0.717, 1.165) is 17.9 Å². The second-order valence-corrected chi connectivity index (χ2v) is 4.81. The fraction of sp³-hybridized carbons (Fsp3) is 1.00. The first-order valence-corrected chi connectivity index (χ1v) is 5.31. The Hall–Kier alpha value is -0.0400.